The first-order valence-electron chi connectivity index (χ1n) is 9.13. The second kappa shape index (κ2) is 8.62. The summed E-state index contributed by atoms with van der Waals surface area (Å²) in [5, 5.41) is 8.78. The maximum atomic E-state index is 12.7. The van der Waals surface area contributed by atoms with E-state index < -0.39 is 10.0 Å². The number of morpholine rings is 1. The predicted molar refractivity (Wildman–Crippen MR) is 108 cm³/mol. The van der Waals surface area contributed by atoms with E-state index in [9.17, 15) is 8.42 Å². The van der Waals surface area contributed by atoms with Crippen molar-refractivity contribution in [2.24, 2.45) is 0 Å². The largest absolute Gasteiger partial charge is 0.419 e. The highest BCUT2D eigenvalue weighted by atomic mass is 32.2. The lowest BCUT2D eigenvalue weighted by molar-refractivity contribution is 0.0730. The van der Waals surface area contributed by atoms with Crippen molar-refractivity contribution in [3.05, 3.63) is 54.6 Å². The number of ether oxygens (including phenoxy) is 1. The molecule has 152 valence electrons. The fourth-order valence-electron chi connectivity index (χ4n) is 2.85. The molecule has 1 atom stereocenters. The van der Waals surface area contributed by atoms with Crippen LogP contribution in [0.1, 0.15) is 18.1 Å². The van der Waals surface area contributed by atoms with Crippen molar-refractivity contribution >= 4 is 21.8 Å². The van der Waals surface area contributed by atoms with Gasteiger partial charge in [-0.3, -0.25) is 0 Å². The highest BCUT2D eigenvalue weighted by Gasteiger charge is 2.26. The van der Waals surface area contributed by atoms with E-state index >= 15 is 0 Å². The van der Waals surface area contributed by atoms with Gasteiger partial charge in [-0.05, 0) is 31.2 Å². The van der Waals surface area contributed by atoms with Crippen molar-refractivity contribution in [3.63, 3.8) is 0 Å². The molecule has 10 heteroatoms. The van der Waals surface area contributed by atoms with E-state index in [1.165, 1.54) is 22.3 Å². The molecule has 0 N–H and O–H groups in total. The molecule has 1 aromatic carbocycles. The molecular formula is C19H20N4O4S2. The van der Waals surface area contributed by atoms with Gasteiger partial charge in [-0.15, -0.1) is 10.2 Å². The Labute approximate surface area is 173 Å². The van der Waals surface area contributed by atoms with E-state index in [-0.39, 0.29) is 10.1 Å². The number of pyridine rings is 1. The Bertz CT molecular complexity index is 1050. The number of nitrogens with zero attached hydrogens (tertiary/aromatic N) is 4. The average molecular weight is 433 g/mol. The van der Waals surface area contributed by atoms with E-state index in [4.69, 9.17) is 9.15 Å². The summed E-state index contributed by atoms with van der Waals surface area (Å²) < 4.78 is 37.8. The Hall–Kier alpha value is -2.27. The maximum absolute atomic E-state index is 12.7. The molecule has 0 unspecified atom stereocenters. The van der Waals surface area contributed by atoms with E-state index in [2.05, 4.69) is 15.2 Å². The van der Waals surface area contributed by atoms with E-state index in [0.29, 0.717) is 43.1 Å². The molecule has 0 aliphatic carbocycles. The molecule has 29 heavy (non-hydrogen) atoms. The zero-order valence-corrected chi connectivity index (χ0v) is 17.4. The number of sulfonamides is 1. The summed E-state index contributed by atoms with van der Waals surface area (Å²) in [4.78, 5) is 4.49. The van der Waals surface area contributed by atoms with Gasteiger partial charge < -0.3 is 9.15 Å². The Kier molecular flexibility index (Phi) is 5.95. The Morgan fingerprint density at radius 3 is 2.52 bits per heavy atom. The van der Waals surface area contributed by atoms with Crippen LogP contribution in [0.15, 0.2) is 63.0 Å². The van der Waals surface area contributed by atoms with Crippen LogP contribution >= 0.6 is 11.8 Å². The molecule has 3 aromatic rings. The second-order valence-electron chi connectivity index (χ2n) is 6.42. The zero-order chi connectivity index (χ0) is 20.3. The lowest BCUT2D eigenvalue weighted by atomic mass is 10.2. The van der Waals surface area contributed by atoms with Crippen molar-refractivity contribution < 1.29 is 17.6 Å². The summed E-state index contributed by atoms with van der Waals surface area (Å²) in [6.45, 7) is 3.47. The van der Waals surface area contributed by atoms with E-state index in [0.717, 1.165) is 5.56 Å². The summed E-state index contributed by atoms with van der Waals surface area (Å²) >= 11 is 1.42. The summed E-state index contributed by atoms with van der Waals surface area (Å²) in [6.07, 6.45) is 1.39. The molecule has 2 aromatic heterocycles. The lowest BCUT2D eigenvalue weighted by Gasteiger charge is -2.25. The molecule has 0 spiro atoms. The van der Waals surface area contributed by atoms with Crippen LogP contribution in [0, 0.1) is 0 Å². The average Bonchev–Trinajstić information content (AvgIpc) is 3.26. The second-order valence-corrected chi connectivity index (χ2v) is 9.72. The number of rotatable bonds is 6. The maximum Gasteiger partial charge on any atom is 0.247 e. The molecule has 0 amide bonds. The minimum atomic E-state index is -3.55. The molecule has 1 saturated heterocycles. The van der Waals surface area contributed by atoms with Gasteiger partial charge in [-0.25, -0.2) is 13.4 Å². The molecular weight excluding hydrogens is 412 g/mol. The van der Waals surface area contributed by atoms with Crippen LogP contribution in [0.2, 0.25) is 0 Å². The molecule has 3 heterocycles. The third kappa shape index (κ3) is 4.50. The van der Waals surface area contributed by atoms with Gasteiger partial charge in [0.05, 0.1) is 23.5 Å². The zero-order valence-electron chi connectivity index (χ0n) is 15.8. The van der Waals surface area contributed by atoms with Gasteiger partial charge in [0.25, 0.3) is 0 Å². The first-order valence-corrected chi connectivity index (χ1v) is 11.5. The van der Waals surface area contributed by atoms with Crippen molar-refractivity contribution in [1.82, 2.24) is 19.5 Å². The van der Waals surface area contributed by atoms with Gasteiger partial charge in [-0.2, -0.15) is 4.31 Å². The molecule has 0 bridgehead atoms. The number of thioether (sulfide) groups is 1. The molecule has 4 rings (SSSR count). The number of hydrogen-bond acceptors (Lipinski definition) is 8. The summed E-state index contributed by atoms with van der Waals surface area (Å²) in [6, 6.07) is 12.8. The lowest BCUT2D eigenvalue weighted by Crippen LogP contribution is -2.40. The Morgan fingerprint density at radius 1 is 1.07 bits per heavy atom. The number of aromatic nitrogens is 3. The van der Waals surface area contributed by atoms with Crippen LogP contribution in [0.3, 0.4) is 0 Å². The minimum Gasteiger partial charge on any atom is -0.419 e. The van der Waals surface area contributed by atoms with E-state index in [1.807, 2.05) is 37.3 Å². The van der Waals surface area contributed by atoms with Gasteiger partial charge in [0.15, 0.2) is 0 Å². The first kappa shape index (κ1) is 20.0. The molecule has 0 radical (unpaired) electrons. The van der Waals surface area contributed by atoms with Crippen molar-refractivity contribution in [2.75, 3.05) is 26.3 Å². The number of hydrogen-bond donors (Lipinski definition) is 0. The summed E-state index contributed by atoms with van der Waals surface area (Å²) in [5.74, 6) is 0.952. The fourth-order valence-corrected chi connectivity index (χ4v) is 5.03. The minimum absolute atomic E-state index is 0.130. The van der Waals surface area contributed by atoms with Crippen LogP contribution < -0.4 is 0 Å². The van der Waals surface area contributed by atoms with Crippen molar-refractivity contribution in [2.45, 2.75) is 22.1 Å². The van der Waals surface area contributed by atoms with Gasteiger partial charge in [0.2, 0.25) is 21.8 Å². The smallest absolute Gasteiger partial charge is 0.247 e. The first-order chi connectivity index (χ1) is 14.0. The molecule has 8 nitrogen and oxygen atoms in total. The monoisotopic (exact) mass is 432 g/mol. The fraction of sp³-hybridized carbons (Fsp3) is 0.316. The van der Waals surface area contributed by atoms with Gasteiger partial charge in [0.1, 0.15) is 4.90 Å². The Balaban J connectivity index is 1.44. The topological polar surface area (TPSA) is 98.4 Å². The van der Waals surface area contributed by atoms with Gasteiger partial charge >= 0.3 is 0 Å². The van der Waals surface area contributed by atoms with Crippen LogP contribution in [0.4, 0.5) is 0 Å². The molecule has 1 aliphatic heterocycles. The van der Waals surface area contributed by atoms with E-state index in [1.54, 1.807) is 12.1 Å². The van der Waals surface area contributed by atoms with Crippen LogP contribution in [0.25, 0.3) is 11.5 Å². The van der Waals surface area contributed by atoms with Gasteiger partial charge in [0, 0.05) is 24.8 Å². The summed E-state index contributed by atoms with van der Waals surface area (Å²) in [7, 11) is -3.55. The predicted octanol–water partition coefficient (Wildman–Crippen LogP) is 3.01. The molecule has 0 saturated carbocycles. The van der Waals surface area contributed by atoms with Crippen molar-refractivity contribution in [1.29, 1.82) is 0 Å². The summed E-state index contributed by atoms with van der Waals surface area (Å²) in [5.41, 5.74) is 0.860. The van der Waals surface area contributed by atoms with Gasteiger partial charge in [-0.1, -0.05) is 30.0 Å². The number of benzene rings is 1. The SMILES string of the molecule is C[C@@H](Sc1ccc(S(=O)(=O)N2CCOCC2)cn1)c1nnc(-c2ccccc2)o1. The highest BCUT2D eigenvalue weighted by molar-refractivity contribution is 7.99. The standard InChI is InChI=1S/C19H20N4O4S2/c1-14(18-21-22-19(27-18)15-5-3-2-4-6-15)28-17-8-7-16(13-20-17)29(24,25)23-9-11-26-12-10-23/h2-8,13-14H,9-12H2,1H3/t14-/m1/s1. The molecule has 1 fully saturated rings. The highest BCUT2D eigenvalue weighted by Crippen LogP contribution is 2.34. The third-order valence-electron chi connectivity index (χ3n) is 4.42. The third-order valence-corrected chi connectivity index (χ3v) is 7.34. The van der Waals surface area contributed by atoms with Crippen LogP contribution in [-0.2, 0) is 14.8 Å². The Morgan fingerprint density at radius 2 is 1.83 bits per heavy atom. The van der Waals surface area contributed by atoms with Crippen LogP contribution in [-0.4, -0.2) is 54.2 Å². The molecule has 1 aliphatic rings. The van der Waals surface area contributed by atoms with Crippen LogP contribution in [0.5, 0.6) is 0 Å². The quantitative estimate of drug-likeness (QED) is 0.548. The normalized spacial score (nSPS) is 16.6. The van der Waals surface area contributed by atoms with Crippen molar-refractivity contribution in [3.8, 4) is 11.5 Å².